The number of rotatable bonds is 8. The molecule has 1 aromatic carbocycles. The van der Waals surface area contributed by atoms with Gasteiger partial charge in [0.05, 0.1) is 29.4 Å². The summed E-state index contributed by atoms with van der Waals surface area (Å²) in [5, 5.41) is 15.9. The van der Waals surface area contributed by atoms with Crippen LogP contribution in [0.5, 0.6) is 5.75 Å². The minimum Gasteiger partial charge on any atom is -0.490 e. The zero-order valence-electron chi connectivity index (χ0n) is 18.1. The van der Waals surface area contributed by atoms with E-state index in [-0.39, 0.29) is 55.1 Å². The molecule has 0 bridgehead atoms. The number of hydrogen-bond donors (Lipinski definition) is 1. The summed E-state index contributed by atoms with van der Waals surface area (Å²) in [7, 11) is -2.72. The van der Waals surface area contributed by atoms with Gasteiger partial charge in [0.25, 0.3) is 0 Å². The van der Waals surface area contributed by atoms with Crippen molar-refractivity contribution in [1.82, 2.24) is 14.5 Å². The molecule has 0 saturated carbocycles. The lowest BCUT2D eigenvalue weighted by atomic mass is 10.1. The second-order valence-electron chi connectivity index (χ2n) is 7.35. The van der Waals surface area contributed by atoms with Gasteiger partial charge >= 0.3 is 5.69 Å². The number of methoxy groups -OCH3 is 1. The number of amides is 2. The number of nitrogens with zero attached hydrogens (tertiary/aromatic N) is 3. The van der Waals surface area contributed by atoms with Crippen LogP contribution in [0.1, 0.15) is 24.3 Å². The number of carbonyl (C=O) groups excluding carboxylic acids is 2. The molecule has 2 aromatic rings. The van der Waals surface area contributed by atoms with Gasteiger partial charge in [-0.25, -0.2) is 8.42 Å². The standard InChI is InChI=1S/C20H24N4O7S2/c1-14(25)21-16(19-4-3-11-32-19)13-20(26)22-7-9-23(10-8-22)33(29,30)15-5-6-18(31-2)17(12-15)24(27)28/h3-6,11-12,16H,7-10,13H2,1-2H3,(H,21,25). The maximum Gasteiger partial charge on any atom is 0.312 e. The van der Waals surface area contributed by atoms with Crippen molar-refractivity contribution < 1.29 is 27.7 Å². The molecule has 1 aliphatic rings. The van der Waals surface area contributed by atoms with E-state index >= 15 is 0 Å². The molecule has 13 heteroatoms. The summed E-state index contributed by atoms with van der Waals surface area (Å²) in [4.78, 5) is 37.1. The van der Waals surface area contributed by atoms with Gasteiger partial charge in [-0.1, -0.05) is 6.07 Å². The van der Waals surface area contributed by atoms with E-state index in [9.17, 15) is 28.1 Å². The summed E-state index contributed by atoms with van der Waals surface area (Å²) in [6.07, 6.45) is 0.0670. The third-order valence-corrected chi connectivity index (χ3v) is 8.10. The Bertz CT molecular complexity index is 1130. The van der Waals surface area contributed by atoms with E-state index in [1.165, 1.54) is 41.8 Å². The summed E-state index contributed by atoms with van der Waals surface area (Å²) in [5.74, 6) is -0.473. The van der Waals surface area contributed by atoms with Gasteiger partial charge in [-0.15, -0.1) is 11.3 Å². The highest BCUT2D eigenvalue weighted by Crippen LogP contribution is 2.31. The van der Waals surface area contributed by atoms with Crippen molar-refractivity contribution >= 4 is 38.9 Å². The van der Waals surface area contributed by atoms with Gasteiger partial charge in [-0.3, -0.25) is 19.7 Å². The first-order valence-electron chi connectivity index (χ1n) is 10.0. The quantitative estimate of drug-likeness (QED) is 0.434. The van der Waals surface area contributed by atoms with Gasteiger partial charge in [0.2, 0.25) is 21.8 Å². The van der Waals surface area contributed by atoms with E-state index in [4.69, 9.17) is 4.74 Å². The lowest BCUT2D eigenvalue weighted by molar-refractivity contribution is -0.386. The van der Waals surface area contributed by atoms with Crippen molar-refractivity contribution in [3.05, 3.63) is 50.7 Å². The smallest absolute Gasteiger partial charge is 0.312 e. The number of nitro benzene ring substituents is 1. The van der Waals surface area contributed by atoms with Crippen LogP contribution < -0.4 is 10.1 Å². The third-order valence-electron chi connectivity index (χ3n) is 5.22. The van der Waals surface area contributed by atoms with Crippen molar-refractivity contribution in [1.29, 1.82) is 0 Å². The SMILES string of the molecule is COc1ccc(S(=O)(=O)N2CCN(C(=O)CC(NC(C)=O)c3cccs3)CC2)cc1[N+](=O)[O-]. The summed E-state index contributed by atoms with van der Waals surface area (Å²) < 4.78 is 32.1. The van der Waals surface area contributed by atoms with Crippen LogP contribution >= 0.6 is 11.3 Å². The van der Waals surface area contributed by atoms with Crippen molar-refractivity contribution in [3.63, 3.8) is 0 Å². The number of thiophene rings is 1. The molecule has 1 fully saturated rings. The Labute approximate surface area is 195 Å². The lowest BCUT2D eigenvalue weighted by Gasteiger charge is -2.34. The maximum absolute atomic E-state index is 13.0. The van der Waals surface area contributed by atoms with Crippen molar-refractivity contribution in [2.45, 2.75) is 24.3 Å². The van der Waals surface area contributed by atoms with Crippen LogP contribution in [0.15, 0.2) is 40.6 Å². The predicted molar refractivity (Wildman–Crippen MR) is 120 cm³/mol. The second-order valence-corrected chi connectivity index (χ2v) is 10.3. The average Bonchev–Trinajstić information content (AvgIpc) is 3.33. The molecule has 1 N–H and O–H groups in total. The fourth-order valence-electron chi connectivity index (χ4n) is 3.56. The number of nitro groups is 1. The van der Waals surface area contributed by atoms with Gasteiger partial charge in [0, 0.05) is 44.0 Å². The monoisotopic (exact) mass is 496 g/mol. The van der Waals surface area contributed by atoms with Crippen LogP contribution in [0, 0.1) is 10.1 Å². The third kappa shape index (κ3) is 5.67. The molecule has 2 amide bonds. The molecule has 1 atom stereocenters. The molecular formula is C20H24N4O7S2. The first kappa shape index (κ1) is 24.6. The van der Waals surface area contributed by atoms with Gasteiger partial charge in [0.1, 0.15) is 0 Å². The minimum absolute atomic E-state index is 0.0335. The fraction of sp³-hybridized carbons (Fsp3) is 0.400. The first-order valence-corrected chi connectivity index (χ1v) is 12.4. The summed E-state index contributed by atoms with van der Waals surface area (Å²) >= 11 is 1.44. The highest BCUT2D eigenvalue weighted by atomic mass is 32.2. The Morgan fingerprint density at radius 2 is 1.94 bits per heavy atom. The molecular weight excluding hydrogens is 472 g/mol. The molecule has 11 nitrogen and oxygen atoms in total. The van der Waals surface area contributed by atoms with E-state index in [1.807, 2.05) is 17.5 Å². The molecule has 3 rings (SSSR count). The maximum atomic E-state index is 13.0. The summed E-state index contributed by atoms with van der Waals surface area (Å²) in [6, 6.07) is 6.72. The van der Waals surface area contributed by atoms with Gasteiger partial charge in [-0.05, 0) is 23.6 Å². The Kier molecular flexibility index (Phi) is 7.66. The largest absolute Gasteiger partial charge is 0.490 e. The van der Waals surface area contributed by atoms with E-state index in [0.717, 1.165) is 10.9 Å². The van der Waals surface area contributed by atoms with Crippen molar-refractivity contribution in [3.8, 4) is 5.75 Å². The van der Waals surface area contributed by atoms with E-state index < -0.39 is 26.7 Å². The Balaban J connectivity index is 1.67. The average molecular weight is 497 g/mol. The number of carbonyl (C=O) groups is 2. The number of piperazine rings is 1. The topological polar surface area (TPSA) is 139 Å². The fourth-order valence-corrected chi connectivity index (χ4v) is 5.78. The van der Waals surface area contributed by atoms with E-state index in [1.54, 1.807) is 4.90 Å². The number of nitrogens with one attached hydrogen (secondary N) is 1. The van der Waals surface area contributed by atoms with Crippen LogP contribution in [-0.4, -0.2) is 67.6 Å². The Morgan fingerprint density at radius 1 is 1.24 bits per heavy atom. The molecule has 0 radical (unpaired) electrons. The Hall–Kier alpha value is -3.03. The van der Waals surface area contributed by atoms with Crippen LogP contribution in [0.25, 0.3) is 0 Å². The minimum atomic E-state index is -3.99. The van der Waals surface area contributed by atoms with Crippen molar-refractivity contribution in [2.24, 2.45) is 0 Å². The van der Waals surface area contributed by atoms with Crippen LogP contribution in [0.4, 0.5) is 5.69 Å². The molecule has 0 aliphatic carbocycles. The first-order chi connectivity index (χ1) is 15.6. The lowest BCUT2D eigenvalue weighted by Crippen LogP contribution is -2.51. The van der Waals surface area contributed by atoms with Gasteiger partial charge < -0.3 is 15.0 Å². The summed E-state index contributed by atoms with van der Waals surface area (Å²) in [6.45, 7) is 1.84. The molecule has 1 aliphatic heterocycles. The molecule has 178 valence electrons. The number of benzene rings is 1. The highest BCUT2D eigenvalue weighted by molar-refractivity contribution is 7.89. The van der Waals surface area contributed by atoms with Crippen LogP contribution in [-0.2, 0) is 19.6 Å². The molecule has 2 heterocycles. The summed E-state index contributed by atoms with van der Waals surface area (Å²) in [5.41, 5.74) is -0.440. The molecule has 1 unspecified atom stereocenters. The molecule has 1 saturated heterocycles. The highest BCUT2D eigenvalue weighted by Gasteiger charge is 2.32. The number of ether oxygens (including phenoxy) is 1. The van der Waals surface area contributed by atoms with Gasteiger partial charge in [0.15, 0.2) is 5.75 Å². The number of sulfonamides is 1. The Morgan fingerprint density at radius 3 is 2.48 bits per heavy atom. The van der Waals surface area contributed by atoms with E-state index in [2.05, 4.69) is 5.32 Å². The predicted octanol–water partition coefficient (Wildman–Crippen LogP) is 1.77. The zero-order chi connectivity index (χ0) is 24.2. The van der Waals surface area contributed by atoms with Crippen LogP contribution in [0.3, 0.4) is 0 Å². The van der Waals surface area contributed by atoms with Crippen LogP contribution in [0.2, 0.25) is 0 Å². The van der Waals surface area contributed by atoms with Crippen molar-refractivity contribution in [2.75, 3.05) is 33.3 Å². The zero-order valence-corrected chi connectivity index (χ0v) is 19.7. The normalized spacial score (nSPS) is 15.6. The molecule has 0 spiro atoms. The number of hydrogen-bond acceptors (Lipinski definition) is 8. The molecule has 1 aromatic heterocycles. The van der Waals surface area contributed by atoms with E-state index in [0.29, 0.717) is 0 Å². The molecule has 33 heavy (non-hydrogen) atoms. The van der Waals surface area contributed by atoms with Gasteiger partial charge in [-0.2, -0.15) is 4.31 Å². The second kappa shape index (κ2) is 10.3.